The first-order chi connectivity index (χ1) is 9.38. The molecule has 1 aromatic rings. The number of piperidine rings is 1. The lowest BCUT2D eigenvalue weighted by Gasteiger charge is -2.32. The molecular weight excluding hydrogens is 274 g/mol. The maximum atomic E-state index is 11.8. The fourth-order valence-electron chi connectivity index (χ4n) is 2.68. The third kappa shape index (κ3) is 3.70. The van der Waals surface area contributed by atoms with Crippen molar-refractivity contribution in [3.8, 4) is 0 Å². The van der Waals surface area contributed by atoms with Crippen LogP contribution in [0.1, 0.15) is 12.8 Å². The summed E-state index contributed by atoms with van der Waals surface area (Å²) in [4.78, 5) is 8.89. The van der Waals surface area contributed by atoms with Crippen molar-refractivity contribution in [2.24, 2.45) is 5.92 Å². The summed E-state index contributed by atoms with van der Waals surface area (Å²) >= 11 is 0. The lowest BCUT2D eigenvalue weighted by atomic mass is 9.97. The van der Waals surface area contributed by atoms with E-state index in [1.54, 1.807) is 18.3 Å². The van der Waals surface area contributed by atoms with E-state index < -0.39 is 9.84 Å². The van der Waals surface area contributed by atoms with Crippen LogP contribution in [0.15, 0.2) is 23.2 Å². The first-order valence-corrected chi connectivity index (χ1v) is 8.82. The van der Waals surface area contributed by atoms with Crippen LogP contribution in [-0.2, 0) is 9.84 Å². The van der Waals surface area contributed by atoms with E-state index in [0.717, 1.165) is 32.5 Å². The molecule has 2 heterocycles. The average molecular weight is 297 g/mol. The lowest BCUT2D eigenvalue weighted by molar-refractivity contribution is 0.222. The Morgan fingerprint density at radius 1 is 1.40 bits per heavy atom. The smallest absolute Gasteiger partial charge is 0.179 e. The van der Waals surface area contributed by atoms with E-state index in [2.05, 4.69) is 16.9 Å². The number of sulfone groups is 1. The summed E-state index contributed by atoms with van der Waals surface area (Å²) < 4.78 is 23.6. The predicted octanol–water partition coefficient (Wildman–Crippen LogP) is 1.26. The van der Waals surface area contributed by atoms with Crippen molar-refractivity contribution in [1.29, 1.82) is 0 Å². The number of rotatable bonds is 4. The van der Waals surface area contributed by atoms with Gasteiger partial charge in [-0.25, -0.2) is 13.4 Å². The van der Waals surface area contributed by atoms with Gasteiger partial charge >= 0.3 is 0 Å². The van der Waals surface area contributed by atoms with Crippen LogP contribution < -0.4 is 4.90 Å². The second kappa shape index (κ2) is 6.10. The summed E-state index contributed by atoms with van der Waals surface area (Å²) in [6.07, 6.45) is 5.19. The summed E-state index contributed by atoms with van der Waals surface area (Å²) in [7, 11) is 0.825. The third-order valence-electron chi connectivity index (χ3n) is 3.88. The minimum atomic E-state index is -3.24. The average Bonchev–Trinajstić information content (AvgIpc) is 2.40. The van der Waals surface area contributed by atoms with Crippen molar-refractivity contribution in [3.05, 3.63) is 18.3 Å². The van der Waals surface area contributed by atoms with Gasteiger partial charge in [-0.05, 0) is 51.0 Å². The van der Waals surface area contributed by atoms with Gasteiger partial charge in [0.05, 0.1) is 0 Å². The quantitative estimate of drug-likeness (QED) is 0.837. The Hall–Kier alpha value is -1.14. The zero-order chi connectivity index (χ0) is 14.8. The molecule has 1 saturated heterocycles. The van der Waals surface area contributed by atoms with Gasteiger partial charge < -0.3 is 9.80 Å². The number of anilines is 1. The summed E-state index contributed by atoms with van der Waals surface area (Å²) in [5.41, 5.74) is 0. The van der Waals surface area contributed by atoms with Gasteiger partial charge in [0.25, 0.3) is 0 Å². The van der Waals surface area contributed by atoms with E-state index in [0.29, 0.717) is 16.6 Å². The van der Waals surface area contributed by atoms with Gasteiger partial charge in [0, 0.05) is 26.0 Å². The van der Waals surface area contributed by atoms with Crippen LogP contribution in [0.4, 0.5) is 5.82 Å². The second-order valence-corrected chi connectivity index (χ2v) is 7.71. The molecule has 0 N–H and O–H groups in total. The Labute approximate surface area is 121 Å². The Morgan fingerprint density at radius 3 is 2.65 bits per heavy atom. The lowest BCUT2D eigenvalue weighted by Crippen LogP contribution is -2.36. The Morgan fingerprint density at radius 2 is 2.05 bits per heavy atom. The molecule has 0 saturated carbocycles. The predicted molar refractivity (Wildman–Crippen MR) is 80.8 cm³/mol. The zero-order valence-corrected chi connectivity index (χ0v) is 13.2. The van der Waals surface area contributed by atoms with Crippen molar-refractivity contribution in [2.75, 3.05) is 44.9 Å². The molecule has 0 atom stereocenters. The van der Waals surface area contributed by atoms with Gasteiger partial charge in [-0.15, -0.1) is 0 Å². The fourth-order valence-corrected chi connectivity index (χ4v) is 3.54. The molecule has 0 amide bonds. The minimum Gasteiger partial charge on any atom is -0.358 e. The molecule has 112 valence electrons. The molecule has 1 aliphatic rings. The molecule has 6 heteroatoms. The van der Waals surface area contributed by atoms with Crippen LogP contribution in [0.25, 0.3) is 0 Å². The van der Waals surface area contributed by atoms with Gasteiger partial charge in [-0.1, -0.05) is 0 Å². The summed E-state index contributed by atoms with van der Waals surface area (Å²) in [6, 6.07) is 3.30. The second-order valence-electron chi connectivity index (χ2n) is 5.72. The summed E-state index contributed by atoms with van der Waals surface area (Å²) in [5.74, 6) is 1.17. The maximum Gasteiger partial charge on any atom is 0.179 e. The van der Waals surface area contributed by atoms with Crippen LogP contribution in [-0.4, -0.2) is 58.3 Å². The van der Waals surface area contributed by atoms with Gasteiger partial charge in [0.1, 0.15) is 10.7 Å². The van der Waals surface area contributed by atoms with Crippen LogP contribution >= 0.6 is 0 Å². The van der Waals surface area contributed by atoms with E-state index in [1.807, 2.05) is 11.9 Å². The number of hydrogen-bond acceptors (Lipinski definition) is 5. The van der Waals surface area contributed by atoms with Crippen LogP contribution in [0.2, 0.25) is 0 Å². The number of nitrogens with zero attached hydrogens (tertiary/aromatic N) is 3. The molecular formula is C14H23N3O2S. The van der Waals surface area contributed by atoms with Crippen LogP contribution in [0.5, 0.6) is 0 Å². The van der Waals surface area contributed by atoms with E-state index in [1.165, 1.54) is 6.26 Å². The molecule has 0 unspecified atom stereocenters. The summed E-state index contributed by atoms with van der Waals surface area (Å²) in [6.45, 7) is 3.08. The normalized spacial score (nSPS) is 18.1. The Balaban J connectivity index is 2.12. The third-order valence-corrected chi connectivity index (χ3v) is 5.00. The molecule has 0 spiro atoms. The minimum absolute atomic E-state index is 0.315. The first-order valence-electron chi connectivity index (χ1n) is 6.92. The van der Waals surface area contributed by atoms with Crippen molar-refractivity contribution in [3.63, 3.8) is 0 Å². The van der Waals surface area contributed by atoms with Crippen LogP contribution in [0.3, 0.4) is 0 Å². The highest BCUT2D eigenvalue weighted by atomic mass is 32.2. The van der Waals surface area contributed by atoms with Crippen molar-refractivity contribution in [1.82, 2.24) is 9.88 Å². The molecule has 1 aromatic heterocycles. The molecule has 20 heavy (non-hydrogen) atoms. The highest BCUT2D eigenvalue weighted by Gasteiger charge is 2.22. The highest BCUT2D eigenvalue weighted by Crippen LogP contribution is 2.24. The number of pyridine rings is 1. The van der Waals surface area contributed by atoms with Crippen LogP contribution in [0, 0.1) is 5.92 Å². The Kier molecular flexibility index (Phi) is 4.65. The van der Waals surface area contributed by atoms with E-state index >= 15 is 0 Å². The molecule has 0 bridgehead atoms. The monoisotopic (exact) mass is 297 g/mol. The van der Waals surface area contributed by atoms with Crippen molar-refractivity contribution >= 4 is 15.7 Å². The molecule has 1 aliphatic heterocycles. The molecule has 0 aliphatic carbocycles. The highest BCUT2D eigenvalue weighted by molar-refractivity contribution is 7.90. The molecule has 5 nitrogen and oxygen atoms in total. The molecule has 1 fully saturated rings. The van der Waals surface area contributed by atoms with Gasteiger partial charge in [0.2, 0.25) is 0 Å². The number of aromatic nitrogens is 1. The zero-order valence-electron chi connectivity index (χ0n) is 12.4. The van der Waals surface area contributed by atoms with Gasteiger partial charge in [0.15, 0.2) is 9.84 Å². The Bertz CT molecular complexity index is 551. The van der Waals surface area contributed by atoms with Crippen molar-refractivity contribution < 1.29 is 8.42 Å². The molecule has 0 radical (unpaired) electrons. The topological polar surface area (TPSA) is 53.5 Å². The van der Waals surface area contributed by atoms with E-state index in [9.17, 15) is 8.42 Å². The van der Waals surface area contributed by atoms with Gasteiger partial charge in [-0.2, -0.15) is 0 Å². The summed E-state index contributed by atoms with van der Waals surface area (Å²) in [5, 5.41) is 0. The number of likely N-dealkylation sites (tertiary alicyclic amines) is 1. The molecule has 0 aromatic carbocycles. The maximum absolute atomic E-state index is 11.8. The van der Waals surface area contributed by atoms with Crippen molar-refractivity contribution in [2.45, 2.75) is 17.7 Å². The fraction of sp³-hybridized carbons (Fsp3) is 0.643. The van der Waals surface area contributed by atoms with Gasteiger partial charge in [-0.3, -0.25) is 0 Å². The SMILES string of the molecule is CN1CCC(CN(C)c2ncccc2S(C)(=O)=O)CC1. The van der Waals surface area contributed by atoms with E-state index in [4.69, 9.17) is 0 Å². The number of hydrogen-bond donors (Lipinski definition) is 0. The van der Waals surface area contributed by atoms with E-state index in [-0.39, 0.29) is 0 Å². The largest absolute Gasteiger partial charge is 0.358 e. The standard InChI is InChI=1S/C14H23N3O2S/c1-16-9-6-12(7-10-16)11-17(2)14-13(20(3,18)19)5-4-8-15-14/h4-5,8,12H,6-7,9-11H2,1-3H3. The molecule has 2 rings (SSSR count). The first kappa shape index (κ1) is 15.3.